The molecule has 2 atom stereocenters. The predicted octanol–water partition coefficient (Wildman–Crippen LogP) is 2.22. The molecule has 2 unspecified atom stereocenters. The highest BCUT2D eigenvalue weighted by atomic mass is 16.2. The highest BCUT2D eigenvalue weighted by molar-refractivity contribution is 5.82. The van der Waals surface area contributed by atoms with Gasteiger partial charge >= 0.3 is 0 Å². The van der Waals surface area contributed by atoms with E-state index >= 15 is 0 Å². The van der Waals surface area contributed by atoms with E-state index in [0.29, 0.717) is 12.6 Å². The Morgan fingerprint density at radius 2 is 2.00 bits per heavy atom. The summed E-state index contributed by atoms with van der Waals surface area (Å²) in [5.74, 6) is 0.235. The summed E-state index contributed by atoms with van der Waals surface area (Å²) in [5, 5.41) is 3.35. The fraction of sp³-hybridized carbons (Fsp3) is 0.533. The van der Waals surface area contributed by atoms with Crippen LogP contribution in [0.15, 0.2) is 24.3 Å². The molecule has 0 aromatic heterocycles. The lowest BCUT2D eigenvalue weighted by atomic mass is 10.1. The Bertz CT molecular complexity index is 495. The number of nitrogens with one attached hydrogen (secondary N) is 1. The van der Waals surface area contributed by atoms with Gasteiger partial charge < -0.3 is 4.90 Å². The van der Waals surface area contributed by atoms with Gasteiger partial charge in [0, 0.05) is 6.04 Å². The van der Waals surface area contributed by atoms with Crippen LogP contribution in [0.25, 0.3) is 0 Å². The molecule has 1 saturated heterocycles. The van der Waals surface area contributed by atoms with Crippen LogP contribution in [0, 0.1) is 12.3 Å². The van der Waals surface area contributed by atoms with E-state index in [-0.39, 0.29) is 17.5 Å². The minimum absolute atomic E-state index is 0.0606. The van der Waals surface area contributed by atoms with Crippen molar-refractivity contribution in [3.8, 4) is 0 Å². The van der Waals surface area contributed by atoms with Crippen molar-refractivity contribution in [3.63, 3.8) is 0 Å². The average molecular weight is 244 g/mol. The molecular weight excluding hydrogens is 224 g/mol. The second-order valence-electron chi connectivity index (χ2n) is 6.15. The maximum absolute atomic E-state index is 12.1. The lowest BCUT2D eigenvalue weighted by Crippen LogP contribution is -2.34. The number of aryl methyl sites for hydroxylation is 1. The first-order valence-electron chi connectivity index (χ1n) is 6.61. The molecule has 3 rings (SSSR count). The number of benzene rings is 1. The third kappa shape index (κ3) is 1.74. The van der Waals surface area contributed by atoms with Crippen molar-refractivity contribution in [2.45, 2.75) is 39.4 Å². The fourth-order valence-electron chi connectivity index (χ4n) is 2.94. The Balaban J connectivity index is 1.92. The van der Waals surface area contributed by atoms with E-state index in [1.54, 1.807) is 0 Å². The second kappa shape index (κ2) is 3.82. The van der Waals surface area contributed by atoms with Crippen LogP contribution < -0.4 is 5.32 Å². The number of rotatable bonds is 2. The van der Waals surface area contributed by atoms with Gasteiger partial charge in [0.05, 0.1) is 6.54 Å². The number of hydrogen-bond acceptors (Lipinski definition) is 2. The van der Waals surface area contributed by atoms with Gasteiger partial charge in [-0.3, -0.25) is 10.1 Å². The topological polar surface area (TPSA) is 32.3 Å². The number of amides is 1. The number of nitrogens with zero attached hydrogens (tertiary/aromatic N) is 1. The zero-order chi connectivity index (χ0) is 12.9. The molecule has 2 aliphatic rings. The number of carbonyl (C=O) groups is 1. The maximum Gasteiger partial charge on any atom is 0.238 e. The summed E-state index contributed by atoms with van der Waals surface area (Å²) in [4.78, 5) is 14.2. The van der Waals surface area contributed by atoms with Crippen molar-refractivity contribution in [2.75, 3.05) is 6.54 Å². The van der Waals surface area contributed by atoms with Gasteiger partial charge in [0.1, 0.15) is 6.17 Å². The molecule has 1 aromatic rings. The van der Waals surface area contributed by atoms with Crippen LogP contribution in [0.2, 0.25) is 0 Å². The molecule has 3 nitrogen and oxygen atoms in total. The molecule has 1 N–H and O–H groups in total. The van der Waals surface area contributed by atoms with Crippen molar-refractivity contribution in [1.82, 2.24) is 10.2 Å². The average Bonchev–Trinajstić information content (AvgIpc) is 2.77. The first-order valence-corrected chi connectivity index (χ1v) is 6.61. The molecule has 1 aliphatic carbocycles. The smallest absolute Gasteiger partial charge is 0.238 e. The molecule has 1 saturated carbocycles. The van der Waals surface area contributed by atoms with E-state index < -0.39 is 0 Å². The van der Waals surface area contributed by atoms with E-state index in [0.717, 1.165) is 6.42 Å². The molecule has 1 aromatic carbocycles. The third-order valence-electron chi connectivity index (χ3n) is 4.29. The SMILES string of the molecule is Cc1ccccc1C1NCC(=O)N1C1CC1(C)C. The van der Waals surface area contributed by atoms with Crippen LogP contribution in [-0.4, -0.2) is 23.4 Å². The lowest BCUT2D eigenvalue weighted by molar-refractivity contribution is -0.129. The Morgan fingerprint density at radius 1 is 1.33 bits per heavy atom. The Morgan fingerprint density at radius 3 is 2.61 bits per heavy atom. The van der Waals surface area contributed by atoms with E-state index in [2.05, 4.69) is 43.1 Å². The van der Waals surface area contributed by atoms with E-state index in [4.69, 9.17) is 0 Å². The molecule has 1 heterocycles. The van der Waals surface area contributed by atoms with E-state index in [1.807, 2.05) is 12.1 Å². The summed E-state index contributed by atoms with van der Waals surface area (Å²) in [6.07, 6.45) is 1.17. The van der Waals surface area contributed by atoms with Gasteiger partial charge in [0.2, 0.25) is 5.91 Å². The molecule has 1 aliphatic heterocycles. The highest BCUT2D eigenvalue weighted by Gasteiger charge is 2.54. The zero-order valence-electron chi connectivity index (χ0n) is 11.2. The monoisotopic (exact) mass is 244 g/mol. The minimum Gasteiger partial charge on any atom is -0.318 e. The molecule has 96 valence electrons. The molecule has 2 fully saturated rings. The van der Waals surface area contributed by atoms with Crippen molar-refractivity contribution in [1.29, 1.82) is 0 Å². The van der Waals surface area contributed by atoms with Gasteiger partial charge in [-0.25, -0.2) is 0 Å². The van der Waals surface area contributed by atoms with Gasteiger partial charge in [-0.05, 0) is 29.9 Å². The molecule has 0 spiro atoms. The van der Waals surface area contributed by atoms with Crippen molar-refractivity contribution in [3.05, 3.63) is 35.4 Å². The largest absolute Gasteiger partial charge is 0.318 e. The van der Waals surface area contributed by atoms with Crippen molar-refractivity contribution < 1.29 is 4.79 Å². The molecule has 18 heavy (non-hydrogen) atoms. The Hall–Kier alpha value is -1.35. The quantitative estimate of drug-likeness (QED) is 0.865. The third-order valence-corrected chi connectivity index (χ3v) is 4.29. The summed E-state index contributed by atoms with van der Waals surface area (Å²) < 4.78 is 0. The highest BCUT2D eigenvalue weighted by Crippen LogP contribution is 2.51. The number of hydrogen-bond donors (Lipinski definition) is 1. The van der Waals surface area contributed by atoms with Gasteiger partial charge in [0.25, 0.3) is 0 Å². The van der Waals surface area contributed by atoms with Crippen LogP contribution in [0.5, 0.6) is 0 Å². The normalized spacial score (nSPS) is 29.7. The van der Waals surface area contributed by atoms with E-state index in [9.17, 15) is 4.79 Å². The predicted molar refractivity (Wildman–Crippen MR) is 71.0 cm³/mol. The lowest BCUT2D eigenvalue weighted by Gasteiger charge is -2.27. The van der Waals surface area contributed by atoms with E-state index in [1.165, 1.54) is 11.1 Å². The second-order valence-corrected chi connectivity index (χ2v) is 6.15. The van der Waals surface area contributed by atoms with Crippen LogP contribution in [0.4, 0.5) is 0 Å². The van der Waals surface area contributed by atoms with Gasteiger partial charge in [-0.15, -0.1) is 0 Å². The zero-order valence-corrected chi connectivity index (χ0v) is 11.2. The molecule has 0 radical (unpaired) electrons. The van der Waals surface area contributed by atoms with Gasteiger partial charge in [-0.1, -0.05) is 38.1 Å². The first-order chi connectivity index (χ1) is 8.50. The number of carbonyl (C=O) groups excluding carboxylic acids is 1. The van der Waals surface area contributed by atoms with Crippen LogP contribution in [-0.2, 0) is 4.79 Å². The van der Waals surface area contributed by atoms with Crippen LogP contribution >= 0.6 is 0 Å². The summed E-state index contributed by atoms with van der Waals surface area (Å²) in [7, 11) is 0. The van der Waals surface area contributed by atoms with Gasteiger partial charge in [-0.2, -0.15) is 0 Å². The molecule has 1 amide bonds. The summed E-state index contributed by atoms with van der Waals surface area (Å²) >= 11 is 0. The first kappa shape index (κ1) is 11.7. The van der Waals surface area contributed by atoms with Crippen molar-refractivity contribution >= 4 is 5.91 Å². The summed E-state index contributed by atoms with van der Waals surface area (Å²) in [5.41, 5.74) is 2.75. The fourth-order valence-corrected chi connectivity index (χ4v) is 2.94. The Kier molecular flexibility index (Phi) is 2.49. The maximum atomic E-state index is 12.1. The molecular formula is C15H20N2O. The summed E-state index contributed by atoms with van der Waals surface area (Å²) in [6.45, 7) is 7.04. The summed E-state index contributed by atoms with van der Waals surface area (Å²) in [6, 6.07) is 8.71. The molecule has 0 bridgehead atoms. The molecule has 3 heteroatoms. The van der Waals surface area contributed by atoms with Crippen LogP contribution in [0.3, 0.4) is 0 Å². The Labute approximate surface area is 108 Å². The minimum atomic E-state index is 0.0606. The van der Waals surface area contributed by atoms with Gasteiger partial charge in [0.15, 0.2) is 0 Å². The standard InChI is InChI=1S/C15H20N2O/c1-10-6-4-5-7-11(10)14-16-9-13(18)17(14)12-8-15(12,2)3/h4-7,12,14,16H,8-9H2,1-3H3. The van der Waals surface area contributed by atoms with Crippen LogP contribution in [0.1, 0.15) is 37.6 Å². The van der Waals surface area contributed by atoms with Crippen molar-refractivity contribution in [2.24, 2.45) is 5.41 Å².